The molecule has 2 N–H and O–H groups in total. The third kappa shape index (κ3) is 4.14. The molecule has 2 heterocycles. The van der Waals surface area contributed by atoms with Gasteiger partial charge in [0.15, 0.2) is 6.10 Å². The van der Waals surface area contributed by atoms with E-state index in [1.807, 2.05) is 46.8 Å². The molecule has 1 atom stereocenters. The zero-order chi connectivity index (χ0) is 23.2. The standard InChI is InChI=1S/C26H31NO4S/c1-6-15-11-12-16(18(28)13-15)21-20(23(25(29)30)31-26(3,4)5)14(2)27-24-22(21)17-9-7-8-10-19(17)32-24/h11-13,23,28H,6-10H2,1-5H3,(H,29,30). The second-order valence-corrected chi connectivity index (χ2v) is 10.6. The molecule has 2 aromatic heterocycles. The maximum absolute atomic E-state index is 12.4. The summed E-state index contributed by atoms with van der Waals surface area (Å²) in [6, 6.07) is 5.69. The predicted molar refractivity (Wildman–Crippen MR) is 129 cm³/mol. The van der Waals surface area contributed by atoms with Gasteiger partial charge in [-0.05, 0) is 77.0 Å². The molecule has 0 saturated carbocycles. The third-order valence-corrected chi connectivity index (χ3v) is 7.21. The number of fused-ring (bicyclic) bond motifs is 3. The lowest BCUT2D eigenvalue weighted by Gasteiger charge is -2.28. The van der Waals surface area contributed by atoms with Crippen molar-refractivity contribution in [2.24, 2.45) is 0 Å². The van der Waals surface area contributed by atoms with Gasteiger partial charge in [-0.1, -0.05) is 19.1 Å². The molecule has 0 bridgehead atoms. The molecule has 0 radical (unpaired) electrons. The maximum atomic E-state index is 12.4. The van der Waals surface area contributed by atoms with Gasteiger partial charge in [-0.3, -0.25) is 0 Å². The first kappa shape index (κ1) is 22.7. The number of aliphatic carboxylic acids is 1. The lowest BCUT2D eigenvalue weighted by molar-refractivity contribution is -0.160. The number of phenols is 1. The molecule has 4 rings (SSSR count). The van der Waals surface area contributed by atoms with Crippen LogP contribution in [0.15, 0.2) is 18.2 Å². The maximum Gasteiger partial charge on any atom is 0.337 e. The molecule has 0 spiro atoms. The van der Waals surface area contributed by atoms with Crippen molar-refractivity contribution in [1.29, 1.82) is 0 Å². The van der Waals surface area contributed by atoms with Crippen molar-refractivity contribution in [3.8, 4) is 16.9 Å². The second kappa shape index (κ2) is 8.49. The zero-order valence-electron chi connectivity index (χ0n) is 19.4. The van der Waals surface area contributed by atoms with Crippen LogP contribution < -0.4 is 0 Å². The number of carboxylic acids is 1. The first-order chi connectivity index (χ1) is 15.1. The number of rotatable bonds is 5. The number of aromatic nitrogens is 1. The van der Waals surface area contributed by atoms with Gasteiger partial charge in [0, 0.05) is 32.6 Å². The van der Waals surface area contributed by atoms with Gasteiger partial charge in [0.2, 0.25) is 0 Å². The quantitative estimate of drug-likeness (QED) is 0.470. The summed E-state index contributed by atoms with van der Waals surface area (Å²) in [6.45, 7) is 9.44. The largest absolute Gasteiger partial charge is 0.507 e. The lowest BCUT2D eigenvalue weighted by Crippen LogP contribution is -2.28. The topological polar surface area (TPSA) is 79.7 Å². The summed E-state index contributed by atoms with van der Waals surface area (Å²) in [7, 11) is 0. The van der Waals surface area contributed by atoms with Crippen LogP contribution in [0.4, 0.5) is 0 Å². The summed E-state index contributed by atoms with van der Waals surface area (Å²) in [5.74, 6) is -0.896. The van der Waals surface area contributed by atoms with E-state index in [9.17, 15) is 15.0 Å². The van der Waals surface area contributed by atoms with Crippen molar-refractivity contribution < 1.29 is 19.7 Å². The average molecular weight is 454 g/mol. The van der Waals surface area contributed by atoms with Gasteiger partial charge in [0.1, 0.15) is 10.6 Å². The summed E-state index contributed by atoms with van der Waals surface area (Å²) in [6.07, 6.45) is 3.84. The van der Waals surface area contributed by atoms with Crippen LogP contribution in [0.25, 0.3) is 21.3 Å². The highest BCUT2D eigenvalue weighted by atomic mass is 32.1. The minimum absolute atomic E-state index is 0.160. The van der Waals surface area contributed by atoms with Gasteiger partial charge < -0.3 is 14.9 Å². The smallest absolute Gasteiger partial charge is 0.337 e. The molecule has 1 aromatic carbocycles. The van der Waals surface area contributed by atoms with E-state index in [1.54, 1.807) is 17.4 Å². The van der Waals surface area contributed by atoms with Gasteiger partial charge in [-0.2, -0.15) is 0 Å². The molecule has 0 aliphatic heterocycles. The van der Waals surface area contributed by atoms with Crippen molar-refractivity contribution >= 4 is 27.5 Å². The van der Waals surface area contributed by atoms with E-state index >= 15 is 0 Å². The number of benzene rings is 1. The Hall–Kier alpha value is -2.44. The van der Waals surface area contributed by atoms with Crippen LogP contribution in [0.3, 0.4) is 0 Å². The molecule has 3 aromatic rings. The average Bonchev–Trinajstić information content (AvgIpc) is 3.08. The van der Waals surface area contributed by atoms with Crippen molar-refractivity contribution in [2.75, 3.05) is 0 Å². The number of nitrogens with zero attached hydrogens (tertiary/aromatic N) is 1. The summed E-state index contributed by atoms with van der Waals surface area (Å²) in [4.78, 5) is 19.5. The van der Waals surface area contributed by atoms with Crippen LogP contribution in [-0.2, 0) is 28.8 Å². The van der Waals surface area contributed by atoms with E-state index in [0.29, 0.717) is 16.8 Å². The summed E-state index contributed by atoms with van der Waals surface area (Å²) >= 11 is 1.70. The molecular weight excluding hydrogens is 422 g/mol. The molecule has 0 amide bonds. The Morgan fingerprint density at radius 1 is 1.25 bits per heavy atom. The van der Waals surface area contributed by atoms with Gasteiger partial charge in [0.25, 0.3) is 0 Å². The van der Waals surface area contributed by atoms with E-state index in [1.165, 1.54) is 10.4 Å². The molecule has 1 aliphatic carbocycles. The molecule has 1 unspecified atom stereocenters. The predicted octanol–water partition coefficient (Wildman–Crippen LogP) is 6.36. The Morgan fingerprint density at radius 2 is 1.97 bits per heavy atom. The molecule has 5 nitrogen and oxygen atoms in total. The Morgan fingerprint density at radius 3 is 2.59 bits per heavy atom. The number of phenolic OH excluding ortho intramolecular Hbond substituents is 1. The number of hydrogen-bond acceptors (Lipinski definition) is 5. The molecule has 32 heavy (non-hydrogen) atoms. The van der Waals surface area contributed by atoms with Crippen molar-refractivity contribution in [1.82, 2.24) is 4.98 Å². The fraction of sp³-hybridized carbons (Fsp3) is 0.462. The van der Waals surface area contributed by atoms with E-state index in [-0.39, 0.29) is 5.75 Å². The van der Waals surface area contributed by atoms with Crippen molar-refractivity contribution in [2.45, 2.75) is 78.4 Å². The molecule has 0 saturated heterocycles. The third-order valence-electron chi connectivity index (χ3n) is 6.03. The number of aryl methyl sites for hydroxylation is 4. The molecule has 6 heteroatoms. The number of carboxylic acid groups (broad SMARTS) is 1. The van der Waals surface area contributed by atoms with Crippen LogP contribution in [0.5, 0.6) is 5.75 Å². The van der Waals surface area contributed by atoms with Crippen LogP contribution in [-0.4, -0.2) is 26.8 Å². The first-order valence-corrected chi connectivity index (χ1v) is 12.1. The lowest BCUT2D eigenvalue weighted by atomic mass is 9.87. The summed E-state index contributed by atoms with van der Waals surface area (Å²) in [5, 5.41) is 22.2. The van der Waals surface area contributed by atoms with Crippen LogP contribution in [0, 0.1) is 6.92 Å². The van der Waals surface area contributed by atoms with E-state index in [2.05, 4.69) is 0 Å². The SMILES string of the molecule is CCc1ccc(-c2c(C(OC(C)(C)C)C(=O)O)c(C)nc3sc4c(c23)CCCC4)c(O)c1. The van der Waals surface area contributed by atoms with Gasteiger partial charge in [-0.15, -0.1) is 11.3 Å². The highest BCUT2D eigenvalue weighted by molar-refractivity contribution is 7.19. The number of pyridine rings is 1. The first-order valence-electron chi connectivity index (χ1n) is 11.3. The van der Waals surface area contributed by atoms with Gasteiger partial charge in [0.05, 0.1) is 5.60 Å². The number of carbonyl (C=O) groups is 1. The summed E-state index contributed by atoms with van der Waals surface area (Å²) in [5.41, 5.74) is 4.17. The number of thiophene rings is 1. The fourth-order valence-electron chi connectivity index (χ4n) is 4.61. The van der Waals surface area contributed by atoms with Gasteiger partial charge >= 0.3 is 5.97 Å². The minimum atomic E-state index is -1.19. The fourth-order valence-corrected chi connectivity index (χ4v) is 5.93. The Kier molecular flexibility index (Phi) is 6.03. The van der Waals surface area contributed by atoms with Crippen LogP contribution >= 0.6 is 11.3 Å². The zero-order valence-corrected chi connectivity index (χ0v) is 20.2. The second-order valence-electron chi connectivity index (χ2n) is 9.53. The van der Waals surface area contributed by atoms with Crippen LogP contribution in [0.1, 0.15) is 73.9 Å². The highest BCUT2D eigenvalue weighted by Crippen LogP contribution is 2.47. The number of hydrogen-bond donors (Lipinski definition) is 2. The molecule has 1 aliphatic rings. The summed E-state index contributed by atoms with van der Waals surface area (Å²) < 4.78 is 6.06. The van der Waals surface area contributed by atoms with Crippen LogP contribution in [0.2, 0.25) is 0 Å². The highest BCUT2D eigenvalue weighted by Gasteiger charge is 2.34. The Labute approximate surface area is 193 Å². The molecular formula is C26H31NO4S. The normalized spacial score (nSPS) is 15.0. The Bertz CT molecular complexity index is 1190. The molecule has 0 fully saturated rings. The number of ether oxygens (including phenoxy) is 1. The van der Waals surface area contributed by atoms with E-state index in [0.717, 1.165) is 53.4 Å². The monoisotopic (exact) mass is 453 g/mol. The molecule has 170 valence electrons. The van der Waals surface area contributed by atoms with E-state index in [4.69, 9.17) is 9.72 Å². The van der Waals surface area contributed by atoms with E-state index < -0.39 is 17.7 Å². The number of aromatic hydroxyl groups is 1. The van der Waals surface area contributed by atoms with Gasteiger partial charge in [-0.25, -0.2) is 9.78 Å². The van der Waals surface area contributed by atoms with Crippen molar-refractivity contribution in [3.63, 3.8) is 0 Å². The van der Waals surface area contributed by atoms with Crippen molar-refractivity contribution in [3.05, 3.63) is 45.5 Å². The minimum Gasteiger partial charge on any atom is -0.507 e. The Balaban J connectivity index is 2.10.